The molecule has 0 aliphatic heterocycles. The highest BCUT2D eigenvalue weighted by atomic mass is 79.9. The summed E-state index contributed by atoms with van der Waals surface area (Å²) in [6, 6.07) is 2.54. The third-order valence-electron chi connectivity index (χ3n) is 2.51. The average Bonchev–Trinajstić information content (AvgIpc) is 2.75. The Kier molecular flexibility index (Phi) is 5.29. The molecule has 1 rings (SSSR count). The van der Waals surface area contributed by atoms with Crippen molar-refractivity contribution < 1.29 is 19.5 Å². The van der Waals surface area contributed by atoms with E-state index >= 15 is 0 Å². The molecule has 1 unspecified atom stereocenters. The molecule has 0 aliphatic rings. The minimum atomic E-state index is -1.39. The molecule has 0 saturated carbocycles. The molecule has 0 spiro atoms. The van der Waals surface area contributed by atoms with Gasteiger partial charge in [0.2, 0.25) is 5.91 Å². The largest absolute Gasteiger partial charge is 0.480 e. The van der Waals surface area contributed by atoms with Crippen LogP contribution in [-0.4, -0.2) is 34.5 Å². The molecule has 110 valence electrons. The second-order valence-corrected chi connectivity index (χ2v) is 7.18. The molecule has 0 bridgehead atoms. The van der Waals surface area contributed by atoms with Gasteiger partial charge in [0.1, 0.15) is 11.6 Å². The second-order valence-electron chi connectivity index (χ2n) is 4.72. The molecule has 3 N–H and O–H groups in total. The third kappa shape index (κ3) is 4.31. The molecule has 20 heavy (non-hydrogen) atoms. The molecule has 1 aromatic rings. The van der Waals surface area contributed by atoms with Crippen molar-refractivity contribution in [1.82, 2.24) is 10.6 Å². The highest BCUT2D eigenvalue weighted by molar-refractivity contribution is 9.11. The number of carboxylic acid groups (broad SMARTS) is 1. The summed E-state index contributed by atoms with van der Waals surface area (Å²) in [7, 11) is 0. The van der Waals surface area contributed by atoms with E-state index in [1.54, 1.807) is 12.1 Å². The number of carbonyl (C=O) groups is 3. The maximum atomic E-state index is 11.9. The van der Waals surface area contributed by atoms with Crippen molar-refractivity contribution in [2.24, 2.45) is 0 Å². The van der Waals surface area contributed by atoms with Gasteiger partial charge in [0.05, 0.1) is 8.66 Å². The van der Waals surface area contributed by atoms with E-state index < -0.39 is 23.5 Å². The molecule has 0 saturated heterocycles. The number of carbonyl (C=O) groups excluding carboxylic acids is 2. The fourth-order valence-corrected chi connectivity index (χ4v) is 2.53. The maximum Gasteiger partial charge on any atom is 0.328 e. The Morgan fingerprint density at radius 1 is 1.35 bits per heavy atom. The van der Waals surface area contributed by atoms with Gasteiger partial charge in [-0.3, -0.25) is 9.59 Å². The Morgan fingerprint density at radius 3 is 2.40 bits per heavy atom. The number of hydrogen-bond donors (Lipinski definition) is 3. The van der Waals surface area contributed by atoms with Crippen molar-refractivity contribution in [3.8, 4) is 0 Å². The van der Waals surface area contributed by atoms with Crippen LogP contribution in [0.4, 0.5) is 0 Å². The monoisotopic (exact) mass is 362 g/mol. The number of hydrogen-bond acceptors (Lipinski definition) is 4. The average molecular weight is 363 g/mol. The van der Waals surface area contributed by atoms with E-state index in [1.807, 2.05) is 0 Å². The molecule has 0 aliphatic carbocycles. The van der Waals surface area contributed by atoms with E-state index in [0.29, 0.717) is 4.88 Å². The summed E-state index contributed by atoms with van der Waals surface area (Å²) in [6.07, 6.45) is 0. The van der Waals surface area contributed by atoms with Gasteiger partial charge in [0, 0.05) is 0 Å². The van der Waals surface area contributed by atoms with Crippen molar-refractivity contribution in [1.29, 1.82) is 0 Å². The van der Waals surface area contributed by atoms with Gasteiger partial charge >= 0.3 is 5.97 Å². The standard InChI is InChI=1S/C12H15BrN2O4S/c1-6(9(16)15-12(2,3)11(18)19)14-10(17)7-4-5-8(13)20-7/h4-6H,1-3H3,(H,14,17)(H,15,16)(H,18,19). The highest BCUT2D eigenvalue weighted by Crippen LogP contribution is 2.21. The van der Waals surface area contributed by atoms with Crippen LogP contribution < -0.4 is 10.6 Å². The molecule has 2 amide bonds. The number of rotatable bonds is 5. The number of nitrogens with one attached hydrogen (secondary N) is 2. The number of aliphatic carboxylic acids is 1. The minimum Gasteiger partial charge on any atom is -0.480 e. The lowest BCUT2D eigenvalue weighted by Gasteiger charge is -2.23. The van der Waals surface area contributed by atoms with Crippen LogP contribution in [0.15, 0.2) is 15.9 Å². The zero-order valence-corrected chi connectivity index (χ0v) is 13.6. The summed E-state index contributed by atoms with van der Waals surface area (Å²) in [4.78, 5) is 35.1. The topological polar surface area (TPSA) is 95.5 Å². The molecule has 8 heteroatoms. The van der Waals surface area contributed by atoms with Gasteiger partial charge in [-0.1, -0.05) is 0 Å². The van der Waals surface area contributed by atoms with Gasteiger partial charge in [-0.2, -0.15) is 0 Å². The van der Waals surface area contributed by atoms with Gasteiger partial charge in [0.25, 0.3) is 5.91 Å². The minimum absolute atomic E-state index is 0.378. The van der Waals surface area contributed by atoms with Gasteiger partial charge in [-0.15, -0.1) is 11.3 Å². The normalized spacial score (nSPS) is 12.6. The Bertz CT molecular complexity index is 541. The van der Waals surface area contributed by atoms with E-state index in [9.17, 15) is 14.4 Å². The molecular formula is C12H15BrN2O4S. The number of thiophene rings is 1. The van der Waals surface area contributed by atoms with Crippen LogP contribution in [0.25, 0.3) is 0 Å². The molecule has 0 radical (unpaired) electrons. The summed E-state index contributed by atoms with van der Waals surface area (Å²) < 4.78 is 0.812. The number of amides is 2. The Labute approximate surface area is 128 Å². The molecule has 0 fully saturated rings. The zero-order valence-electron chi connectivity index (χ0n) is 11.2. The molecule has 1 heterocycles. The predicted molar refractivity (Wildman–Crippen MR) is 78.8 cm³/mol. The lowest BCUT2D eigenvalue weighted by atomic mass is 10.1. The van der Waals surface area contributed by atoms with Gasteiger partial charge < -0.3 is 15.7 Å². The van der Waals surface area contributed by atoms with Crippen LogP contribution in [0.2, 0.25) is 0 Å². The first-order valence-electron chi connectivity index (χ1n) is 5.75. The number of carboxylic acids is 1. The summed E-state index contributed by atoms with van der Waals surface area (Å²) in [5.41, 5.74) is -1.39. The van der Waals surface area contributed by atoms with Crippen LogP contribution in [0.1, 0.15) is 30.4 Å². The van der Waals surface area contributed by atoms with Gasteiger partial charge in [-0.05, 0) is 48.8 Å². The van der Waals surface area contributed by atoms with Crippen LogP contribution in [0, 0.1) is 0 Å². The summed E-state index contributed by atoms with van der Waals surface area (Å²) in [5.74, 6) is -2.08. The molecule has 6 nitrogen and oxygen atoms in total. The SMILES string of the molecule is CC(NC(=O)c1ccc(Br)s1)C(=O)NC(C)(C)C(=O)O. The zero-order chi connectivity index (χ0) is 15.5. The summed E-state index contributed by atoms with van der Waals surface area (Å²) in [6.45, 7) is 4.24. The van der Waals surface area contributed by atoms with Crippen molar-refractivity contribution in [2.45, 2.75) is 32.4 Å². The Morgan fingerprint density at radius 2 is 1.95 bits per heavy atom. The Hall–Kier alpha value is -1.41. The highest BCUT2D eigenvalue weighted by Gasteiger charge is 2.31. The smallest absolute Gasteiger partial charge is 0.328 e. The first-order chi connectivity index (χ1) is 9.13. The molecule has 0 aromatic carbocycles. The summed E-state index contributed by atoms with van der Waals surface area (Å²) >= 11 is 4.49. The van der Waals surface area contributed by atoms with Crippen LogP contribution in [0.3, 0.4) is 0 Å². The van der Waals surface area contributed by atoms with Gasteiger partial charge in [0.15, 0.2) is 0 Å². The van der Waals surface area contributed by atoms with E-state index in [-0.39, 0.29) is 5.91 Å². The Balaban J connectivity index is 2.62. The lowest BCUT2D eigenvalue weighted by Crippen LogP contribution is -2.55. The summed E-state index contributed by atoms with van der Waals surface area (Å²) in [5, 5.41) is 13.8. The van der Waals surface area contributed by atoms with Crippen LogP contribution >= 0.6 is 27.3 Å². The predicted octanol–water partition coefficient (Wildman–Crippen LogP) is 1.61. The van der Waals surface area contributed by atoms with Crippen molar-refractivity contribution in [2.75, 3.05) is 0 Å². The van der Waals surface area contributed by atoms with Crippen molar-refractivity contribution in [3.05, 3.63) is 20.8 Å². The fourth-order valence-electron chi connectivity index (χ4n) is 1.24. The van der Waals surface area contributed by atoms with E-state index in [2.05, 4.69) is 26.6 Å². The lowest BCUT2D eigenvalue weighted by molar-refractivity contribution is -0.146. The van der Waals surface area contributed by atoms with E-state index in [1.165, 1.54) is 32.1 Å². The van der Waals surface area contributed by atoms with E-state index in [4.69, 9.17) is 5.11 Å². The fraction of sp³-hybridized carbons (Fsp3) is 0.417. The second kappa shape index (κ2) is 6.36. The number of halogens is 1. The van der Waals surface area contributed by atoms with Crippen LogP contribution in [-0.2, 0) is 9.59 Å². The van der Waals surface area contributed by atoms with Crippen molar-refractivity contribution in [3.63, 3.8) is 0 Å². The first kappa shape index (κ1) is 16.6. The van der Waals surface area contributed by atoms with Crippen molar-refractivity contribution >= 4 is 45.1 Å². The van der Waals surface area contributed by atoms with Gasteiger partial charge in [-0.25, -0.2) is 4.79 Å². The molecule has 1 aromatic heterocycles. The molecule has 1 atom stereocenters. The maximum absolute atomic E-state index is 11.9. The quantitative estimate of drug-likeness (QED) is 0.741. The first-order valence-corrected chi connectivity index (χ1v) is 7.36. The molecular weight excluding hydrogens is 348 g/mol. The van der Waals surface area contributed by atoms with E-state index in [0.717, 1.165) is 3.79 Å². The van der Waals surface area contributed by atoms with Crippen LogP contribution in [0.5, 0.6) is 0 Å². The third-order valence-corrected chi connectivity index (χ3v) is 4.13.